The molecule has 0 aliphatic rings. The van der Waals surface area contributed by atoms with Gasteiger partial charge in [0.2, 0.25) is 5.82 Å². The predicted molar refractivity (Wildman–Crippen MR) is 69.8 cm³/mol. The van der Waals surface area contributed by atoms with Crippen LogP contribution in [-0.2, 0) is 0 Å². The molecular formula is C15H7F2N3O. The zero-order valence-corrected chi connectivity index (χ0v) is 10.5. The number of nitriles is 1. The van der Waals surface area contributed by atoms with E-state index >= 15 is 0 Å². The maximum atomic E-state index is 13.2. The van der Waals surface area contributed by atoms with Gasteiger partial charge < -0.3 is 4.52 Å². The summed E-state index contributed by atoms with van der Waals surface area (Å²) in [5.41, 5.74) is 1.31. The molecule has 0 radical (unpaired) electrons. The van der Waals surface area contributed by atoms with Crippen molar-refractivity contribution in [2.45, 2.75) is 0 Å². The van der Waals surface area contributed by atoms with Gasteiger partial charge in [-0.3, -0.25) is 0 Å². The molecule has 1 heterocycles. The molecule has 21 heavy (non-hydrogen) atoms. The average Bonchev–Trinajstić information content (AvgIpc) is 2.96. The van der Waals surface area contributed by atoms with Crippen LogP contribution in [0.15, 0.2) is 47.0 Å². The van der Waals surface area contributed by atoms with Crippen LogP contribution in [0.2, 0.25) is 0 Å². The highest BCUT2D eigenvalue weighted by molar-refractivity contribution is 5.60. The minimum absolute atomic E-state index is 0.0905. The number of hydrogen-bond donors (Lipinski definition) is 0. The van der Waals surface area contributed by atoms with Crippen molar-refractivity contribution < 1.29 is 13.3 Å². The minimum atomic E-state index is -0.713. The molecule has 0 N–H and O–H groups in total. The van der Waals surface area contributed by atoms with Gasteiger partial charge in [-0.15, -0.1) is 0 Å². The molecule has 0 aliphatic carbocycles. The molecule has 3 aromatic rings. The van der Waals surface area contributed by atoms with Gasteiger partial charge in [0.1, 0.15) is 11.6 Å². The van der Waals surface area contributed by atoms with Crippen LogP contribution in [0.3, 0.4) is 0 Å². The highest BCUT2D eigenvalue weighted by Gasteiger charge is 2.12. The number of hydrogen-bond acceptors (Lipinski definition) is 4. The van der Waals surface area contributed by atoms with E-state index in [1.54, 1.807) is 24.3 Å². The van der Waals surface area contributed by atoms with E-state index in [0.717, 1.165) is 18.2 Å². The van der Waals surface area contributed by atoms with Gasteiger partial charge in [-0.2, -0.15) is 10.2 Å². The molecule has 0 aliphatic heterocycles. The zero-order chi connectivity index (χ0) is 14.8. The van der Waals surface area contributed by atoms with Crippen LogP contribution in [0.25, 0.3) is 22.8 Å². The summed E-state index contributed by atoms with van der Waals surface area (Å²) in [6.07, 6.45) is 0. The van der Waals surface area contributed by atoms with Crippen molar-refractivity contribution >= 4 is 0 Å². The van der Waals surface area contributed by atoms with Crippen molar-refractivity contribution in [3.63, 3.8) is 0 Å². The minimum Gasteiger partial charge on any atom is -0.334 e. The van der Waals surface area contributed by atoms with Crippen molar-refractivity contribution in [3.05, 3.63) is 59.7 Å². The van der Waals surface area contributed by atoms with Gasteiger partial charge >= 0.3 is 0 Å². The standard InChI is InChI=1S/C15H7F2N3O/c16-12-5-11(6-13(17)7-12)14-19-15(21-20-14)10-3-1-9(8-18)2-4-10/h1-7H. The lowest BCUT2D eigenvalue weighted by molar-refractivity contribution is 0.432. The number of benzene rings is 2. The number of nitrogens with zero attached hydrogens (tertiary/aromatic N) is 3. The van der Waals surface area contributed by atoms with E-state index in [1.165, 1.54) is 0 Å². The van der Waals surface area contributed by atoms with Crippen molar-refractivity contribution in [1.29, 1.82) is 5.26 Å². The molecular weight excluding hydrogens is 276 g/mol. The molecule has 0 spiro atoms. The first-order chi connectivity index (χ1) is 10.2. The van der Waals surface area contributed by atoms with Gasteiger partial charge in [-0.25, -0.2) is 8.78 Å². The number of halogens is 2. The van der Waals surface area contributed by atoms with Gasteiger partial charge in [0.25, 0.3) is 5.89 Å². The van der Waals surface area contributed by atoms with E-state index in [-0.39, 0.29) is 17.3 Å². The summed E-state index contributed by atoms with van der Waals surface area (Å²) in [6.45, 7) is 0. The van der Waals surface area contributed by atoms with Crippen LogP contribution in [0.1, 0.15) is 5.56 Å². The van der Waals surface area contributed by atoms with Gasteiger partial charge in [0.15, 0.2) is 0 Å². The third kappa shape index (κ3) is 2.62. The number of rotatable bonds is 2. The summed E-state index contributed by atoms with van der Waals surface area (Å²) in [6, 6.07) is 11.5. The first-order valence-electron chi connectivity index (χ1n) is 5.96. The van der Waals surface area contributed by atoms with Crippen LogP contribution in [0.4, 0.5) is 8.78 Å². The van der Waals surface area contributed by atoms with Crippen molar-refractivity contribution in [2.75, 3.05) is 0 Å². The van der Waals surface area contributed by atoms with Crippen LogP contribution in [0, 0.1) is 23.0 Å². The first-order valence-corrected chi connectivity index (χ1v) is 5.96. The summed E-state index contributed by atoms with van der Waals surface area (Å²) in [5, 5.41) is 12.4. The molecule has 0 fully saturated rings. The van der Waals surface area contributed by atoms with E-state index in [1.807, 2.05) is 6.07 Å². The van der Waals surface area contributed by atoms with Crippen LogP contribution in [-0.4, -0.2) is 10.1 Å². The fraction of sp³-hybridized carbons (Fsp3) is 0. The Bertz CT molecular complexity index is 815. The lowest BCUT2D eigenvalue weighted by Gasteiger charge is -1.95. The highest BCUT2D eigenvalue weighted by atomic mass is 19.1. The Labute approximate surface area is 118 Å². The third-order valence-corrected chi connectivity index (χ3v) is 2.81. The summed E-state index contributed by atoms with van der Waals surface area (Å²) >= 11 is 0. The van der Waals surface area contributed by atoms with Crippen LogP contribution in [0.5, 0.6) is 0 Å². The molecule has 4 nitrogen and oxygen atoms in total. The monoisotopic (exact) mass is 283 g/mol. The van der Waals surface area contributed by atoms with Crippen molar-refractivity contribution in [3.8, 4) is 28.9 Å². The van der Waals surface area contributed by atoms with E-state index in [9.17, 15) is 8.78 Å². The van der Waals surface area contributed by atoms with E-state index in [0.29, 0.717) is 11.1 Å². The van der Waals surface area contributed by atoms with Gasteiger partial charge in [-0.05, 0) is 36.4 Å². The molecule has 6 heteroatoms. The fourth-order valence-electron chi connectivity index (χ4n) is 1.83. The van der Waals surface area contributed by atoms with Gasteiger partial charge in [0.05, 0.1) is 11.6 Å². The topological polar surface area (TPSA) is 62.7 Å². The molecule has 0 unspecified atom stereocenters. The highest BCUT2D eigenvalue weighted by Crippen LogP contribution is 2.23. The summed E-state index contributed by atoms with van der Waals surface area (Å²) in [5.74, 6) is -1.13. The average molecular weight is 283 g/mol. The lowest BCUT2D eigenvalue weighted by atomic mass is 10.1. The maximum Gasteiger partial charge on any atom is 0.258 e. The second-order valence-electron chi connectivity index (χ2n) is 4.27. The molecule has 0 bridgehead atoms. The van der Waals surface area contributed by atoms with Crippen LogP contribution >= 0.6 is 0 Å². The molecule has 0 amide bonds. The van der Waals surface area contributed by atoms with Crippen molar-refractivity contribution in [2.24, 2.45) is 0 Å². The normalized spacial score (nSPS) is 10.3. The van der Waals surface area contributed by atoms with E-state index in [4.69, 9.17) is 9.78 Å². The predicted octanol–water partition coefficient (Wildman–Crippen LogP) is 3.55. The summed E-state index contributed by atoms with van der Waals surface area (Å²) in [7, 11) is 0. The van der Waals surface area contributed by atoms with E-state index < -0.39 is 11.6 Å². The Morgan fingerprint density at radius 1 is 0.952 bits per heavy atom. The Hall–Kier alpha value is -3.07. The van der Waals surface area contributed by atoms with Gasteiger partial charge in [0, 0.05) is 17.2 Å². The second-order valence-corrected chi connectivity index (χ2v) is 4.27. The fourth-order valence-corrected chi connectivity index (χ4v) is 1.83. The third-order valence-electron chi connectivity index (χ3n) is 2.81. The number of aromatic nitrogens is 2. The quantitative estimate of drug-likeness (QED) is 0.721. The molecule has 0 atom stereocenters. The Morgan fingerprint density at radius 2 is 1.62 bits per heavy atom. The molecule has 1 aromatic heterocycles. The lowest BCUT2D eigenvalue weighted by Crippen LogP contribution is -1.86. The molecule has 0 saturated heterocycles. The molecule has 0 saturated carbocycles. The largest absolute Gasteiger partial charge is 0.334 e. The SMILES string of the molecule is N#Cc1ccc(-c2nc(-c3cc(F)cc(F)c3)no2)cc1. The Balaban J connectivity index is 1.97. The van der Waals surface area contributed by atoms with E-state index in [2.05, 4.69) is 10.1 Å². The smallest absolute Gasteiger partial charge is 0.258 e. The van der Waals surface area contributed by atoms with Crippen molar-refractivity contribution in [1.82, 2.24) is 10.1 Å². The Morgan fingerprint density at radius 3 is 2.24 bits per heavy atom. The second kappa shape index (κ2) is 5.13. The molecule has 102 valence electrons. The molecule has 3 rings (SSSR count). The first kappa shape index (κ1) is 12.9. The maximum absolute atomic E-state index is 13.2. The van der Waals surface area contributed by atoms with Gasteiger partial charge in [-0.1, -0.05) is 5.16 Å². The Kier molecular flexibility index (Phi) is 3.16. The summed E-state index contributed by atoms with van der Waals surface area (Å²) in [4.78, 5) is 4.09. The zero-order valence-electron chi connectivity index (χ0n) is 10.5. The van der Waals surface area contributed by atoms with Crippen LogP contribution < -0.4 is 0 Å². The summed E-state index contributed by atoms with van der Waals surface area (Å²) < 4.78 is 31.4. The molecule has 2 aromatic carbocycles.